The fourth-order valence-corrected chi connectivity index (χ4v) is 1.78. The Morgan fingerprint density at radius 1 is 1.26 bits per heavy atom. The molecule has 0 fully saturated rings. The lowest BCUT2D eigenvalue weighted by molar-refractivity contribution is -0.871. The first-order valence-electron chi connectivity index (χ1n) is 7.03. The largest absolute Gasteiger partial charge is 0.748 e. The highest BCUT2D eigenvalue weighted by Gasteiger charge is 2.18. The van der Waals surface area contributed by atoms with Crippen molar-refractivity contribution in [1.29, 1.82) is 0 Å². The van der Waals surface area contributed by atoms with Gasteiger partial charge in [-0.1, -0.05) is 30.3 Å². The third kappa shape index (κ3) is 16.7. The molecule has 1 atom stereocenters. The number of quaternary nitrogens is 1. The Morgan fingerprint density at radius 3 is 2.17 bits per heavy atom. The average molecular weight is 346 g/mol. The van der Waals surface area contributed by atoms with Gasteiger partial charge in [-0.05, 0) is 5.56 Å². The summed E-state index contributed by atoms with van der Waals surface area (Å²) in [5.74, 6) is -0.236. The number of hydrogen-bond acceptors (Lipinski definition) is 6. The number of esters is 1. The van der Waals surface area contributed by atoms with Gasteiger partial charge in [0.05, 0.1) is 50.3 Å². The molecule has 0 radical (unpaired) electrons. The first-order chi connectivity index (χ1) is 10.4. The zero-order valence-corrected chi connectivity index (χ0v) is 14.9. The Labute approximate surface area is 138 Å². The number of rotatable bonds is 6. The summed E-state index contributed by atoms with van der Waals surface area (Å²) in [7, 11) is 2.24. The summed E-state index contributed by atoms with van der Waals surface area (Å²) in [6.07, 6.45) is 0.870. The minimum atomic E-state index is -3.92. The Balaban J connectivity index is 0.000000841. The van der Waals surface area contributed by atoms with Crippen LogP contribution >= 0.6 is 0 Å². The van der Waals surface area contributed by atoms with Gasteiger partial charge in [0, 0.05) is 6.26 Å². The molecule has 0 saturated carbocycles. The molecule has 0 aliphatic heterocycles. The van der Waals surface area contributed by atoms with E-state index in [0.717, 1.165) is 16.6 Å². The second-order valence-corrected chi connectivity index (χ2v) is 7.70. The van der Waals surface area contributed by atoms with Crippen LogP contribution in [0.15, 0.2) is 30.3 Å². The van der Waals surface area contributed by atoms with E-state index in [1.165, 1.54) is 0 Å². The number of ether oxygens (including phenoxy) is 1. The van der Waals surface area contributed by atoms with Crippen LogP contribution in [0.5, 0.6) is 0 Å². The van der Waals surface area contributed by atoms with E-state index in [4.69, 9.17) is 23.4 Å². The van der Waals surface area contributed by atoms with Gasteiger partial charge in [-0.25, -0.2) is 8.42 Å². The normalized spacial score (nSPS) is 12.8. The molecule has 0 saturated heterocycles. The molecule has 7 nitrogen and oxygen atoms in total. The minimum Gasteiger partial charge on any atom is -0.748 e. The van der Waals surface area contributed by atoms with Crippen LogP contribution in [0.4, 0.5) is 0 Å². The first kappa shape index (κ1) is 21.5. The molecule has 2 N–H and O–H groups in total. The Bertz CT molecular complexity index is 559. The number of carbonyl (C=O) groups is 1. The lowest BCUT2D eigenvalue weighted by atomic mass is 10.2. The molecule has 0 aliphatic rings. The molecule has 0 amide bonds. The topological polar surface area (TPSA) is 110 Å². The van der Waals surface area contributed by atoms with Gasteiger partial charge in [0.25, 0.3) is 0 Å². The quantitative estimate of drug-likeness (QED) is 0.451. The summed E-state index contributed by atoms with van der Waals surface area (Å²) in [4.78, 5) is 11.6. The fourth-order valence-electron chi connectivity index (χ4n) is 1.78. The van der Waals surface area contributed by atoms with Gasteiger partial charge < -0.3 is 19.5 Å². The second kappa shape index (κ2) is 9.61. The van der Waals surface area contributed by atoms with E-state index in [0.29, 0.717) is 12.9 Å². The van der Waals surface area contributed by atoms with E-state index in [1.54, 1.807) is 0 Å². The van der Waals surface area contributed by atoms with Gasteiger partial charge in [0.1, 0.15) is 6.61 Å². The van der Waals surface area contributed by atoms with Gasteiger partial charge in [0.15, 0.2) is 0 Å². The van der Waals surface area contributed by atoms with E-state index >= 15 is 0 Å². The lowest BCUT2D eigenvalue weighted by Crippen LogP contribution is -2.45. The molecule has 0 aliphatic carbocycles. The van der Waals surface area contributed by atoms with Crippen molar-refractivity contribution in [3.8, 4) is 0 Å². The van der Waals surface area contributed by atoms with E-state index in [-0.39, 0.29) is 18.4 Å². The molecular weight excluding hydrogens is 320 g/mol. The van der Waals surface area contributed by atoms with E-state index in [1.807, 2.05) is 30.3 Å². The molecule has 1 aromatic carbocycles. The summed E-state index contributed by atoms with van der Waals surface area (Å²) in [6.45, 7) is 1.07. The van der Waals surface area contributed by atoms with Crippen molar-refractivity contribution in [1.82, 2.24) is 0 Å². The molecule has 23 heavy (non-hydrogen) atoms. The van der Waals surface area contributed by atoms with Gasteiger partial charge in [-0.3, -0.25) is 4.79 Å². The van der Waals surface area contributed by atoms with Crippen molar-refractivity contribution in [3.05, 3.63) is 35.9 Å². The predicted molar refractivity (Wildman–Crippen MR) is 87.4 cm³/mol. The number of benzene rings is 1. The van der Waals surface area contributed by atoms with Crippen molar-refractivity contribution < 1.29 is 27.0 Å². The van der Waals surface area contributed by atoms with Crippen molar-refractivity contribution in [2.45, 2.75) is 19.1 Å². The van der Waals surface area contributed by atoms with E-state index in [2.05, 4.69) is 21.1 Å². The van der Waals surface area contributed by atoms with Crippen molar-refractivity contribution >= 4 is 16.1 Å². The summed E-state index contributed by atoms with van der Waals surface area (Å²) in [5.41, 5.74) is 6.90. The standard InChI is InChI=1S/C14H23N2O2.CH4O3S/c1-16(2,3)10-13(15)9-14(17)18-11-12-7-5-4-6-8-12;1-5(2,3)4/h4-8,13H,9-11,15H2,1-3H3;1H3,(H,2,3,4)/q+1;/p-1/t13-;/m1./s1. The molecule has 0 bridgehead atoms. The predicted octanol–water partition coefficient (Wildman–Crippen LogP) is 0.315. The molecule has 1 rings (SSSR count). The average Bonchev–Trinajstić information content (AvgIpc) is 2.33. The molecule has 0 spiro atoms. The highest BCUT2D eigenvalue weighted by molar-refractivity contribution is 7.84. The highest BCUT2D eigenvalue weighted by Crippen LogP contribution is 2.03. The molecule has 8 heteroatoms. The van der Waals surface area contributed by atoms with Crippen LogP contribution in [0.1, 0.15) is 12.0 Å². The summed E-state index contributed by atoms with van der Waals surface area (Å²) in [5, 5.41) is 0. The smallest absolute Gasteiger partial charge is 0.307 e. The molecular formula is C15H26N2O5S. The fraction of sp³-hybridized carbons (Fsp3) is 0.533. The number of carbonyl (C=O) groups excluding carboxylic acids is 1. The molecule has 0 heterocycles. The van der Waals surface area contributed by atoms with Crippen LogP contribution in [0, 0.1) is 0 Å². The van der Waals surface area contributed by atoms with Crippen LogP contribution < -0.4 is 5.73 Å². The number of nitrogens with two attached hydrogens (primary N) is 1. The zero-order valence-electron chi connectivity index (χ0n) is 14.1. The lowest BCUT2D eigenvalue weighted by Gasteiger charge is -2.26. The van der Waals surface area contributed by atoms with Gasteiger partial charge in [0.2, 0.25) is 0 Å². The SMILES string of the molecule is CS(=O)(=O)[O-].C[N+](C)(C)C[C@H](N)CC(=O)OCc1ccccc1. The Morgan fingerprint density at radius 2 is 1.74 bits per heavy atom. The van der Waals surface area contributed by atoms with Gasteiger partial charge in [-0.2, -0.15) is 0 Å². The molecule has 0 aromatic heterocycles. The summed E-state index contributed by atoms with van der Waals surface area (Å²) >= 11 is 0. The summed E-state index contributed by atoms with van der Waals surface area (Å²) in [6, 6.07) is 9.48. The monoisotopic (exact) mass is 346 g/mol. The van der Waals surface area contributed by atoms with Crippen LogP contribution in [0.25, 0.3) is 0 Å². The van der Waals surface area contributed by atoms with E-state index < -0.39 is 10.1 Å². The maximum atomic E-state index is 11.6. The third-order valence-corrected chi connectivity index (χ3v) is 2.45. The van der Waals surface area contributed by atoms with Crippen molar-refractivity contribution in [2.75, 3.05) is 33.9 Å². The van der Waals surface area contributed by atoms with Crippen LogP contribution in [0.2, 0.25) is 0 Å². The molecule has 1 aromatic rings. The van der Waals surface area contributed by atoms with Crippen LogP contribution in [-0.2, 0) is 26.3 Å². The molecule has 132 valence electrons. The molecule has 0 unspecified atom stereocenters. The Hall–Kier alpha value is -1.48. The summed E-state index contributed by atoms with van der Waals surface area (Å²) < 4.78 is 33.2. The number of hydrogen-bond donors (Lipinski definition) is 1. The first-order valence-corrected chi connectivity index (χ1v) is 8.85. The maximum absolute atomic E-state index is 11.6. The Kier molecular flexibility index (Phi) is 8.99. The van der Waals surface area contributed by atoms with Crippen molar-refractivity contribution in [2.24, 2.45) is 5.73 Å². The van der Waals surface area contributed by atoms with Crippen LogP contribution in [-0.4, -0.2) is 63.4 Å². The maximum Gasteiger partial charge on any atom is 0.307 e. The highest BCUT2D eigenvalue weighted by atomic mass is 32.2. The van der Waals surface area contributed by atoms with Crippen LogP contribution in [0.3, 0.4) is 0 Å². The van der Waals surface area contributed by atoms with E-state index in [9.17, 15) is 4.79 Å². The number of likely N-dealkylation sites (N-methyl/N-ethyl adjacent to an activating group) is 1. The zero-order chi connectivity index (χ0) is 18.1. The van der Waals surface area contributed by atoms with Gasteiger partial charge >= 0.3 is 5.97 Å². The second-order valence-electron chi connectivity index (χ2n) is 6.29. The number of nitrogens with zero attached hydrogens (tertiary/aromatic N) is 1. The minimum absolute atomic E-state index is 0.159. The third-order valence-electron chi connectivity index (χ3n) is 2.45. The van der Waals surface area contributed by atoms with Gasteiger partial charge in [-0.15, -0.1) is 0 Å². The van der Waals surface area contributed by atoms with Crippen molar-refractivity contribution in [3.63, 3.8) is 0 Å².